The van der Waals surface area contributed by atoms with Crippen LogP contribution in [-0.2, 0) is 15.0 Å². The zero-order chi connectivity index (χ0) is 17.2. The Kier molecular flexibility index (Phi) is 5.67. The van der Waals surface area contributed by atoms with E-state index in [4.69, 9.17) is 11.6 Å². The minimum atomic E-state index is -3.40. The molecule has 1 aliphatic heterocycles. The van der Waals surface area contributed by atoms with E-state index in [1.54, 1.807) is 12.1 Å². The fourth-order valence-corrected chi connectivity index (χ4v) is 3.87. The van der Waals surface area contributed by atoms with Gasteiger partial charge >= 0.3 is 0 Å². The maximum absolute atomic E-state index is 12.4. The average Bonchev–Trinajstić information content (AvgIpc) is 2.51. The molecule has 0 unspecified atom stereocenters. The van der Waals surface area contributed by atoms with Gasteiger partial charge in [0.05, 0.1) is 0 Å². The van der Waals surface area contributed by atoms with E-state index < -0.39 is 10.2 Å². The summed E-state index contributed by atoms with van der Waals surface area (Å²) in [4.78, 5) is 12.4. The molecular formula is C15H22ClN3O3S. The molecule has 1 aromatic rings. The third kappa shape index (κ3) is 4.03. The molecule has 6 nitrogen and oxygen atoms in total. The first-order valence-electron chi connectivity index (χ1n) is 7.47. The molecule has 1 amide bonds. The van der Waals surface area contributed by atoms with E-state index in [1.165, 1.54) is 22.7 Å². The van der Waals surface area contributed by atoms with Gasteiger partial charge in [-0.1, -0.05) is 17.7 Å². The highest BCUT2D eigenvalue weighted by atomic mass is 35.5. The number of piperidine rings is 1. The largest absolute Gasteiger partial charge is 0.326 e. The molecule has 1 fully saturated rings. The first kappa shape index (κ1) is 18.2. The lowest BCUT2D eigenvalue weighted by molar-refractivity contribution is -0.120. The maximum Gasteiger partial charge on any atom is 0.281 e. The topological polar surface area (TPSA) is 69.7 Å². The molecule has 0 aromatic heterocycles. The second kappa shape index (κ2) is 7.17. The summed E-state index contributed by atoms with van der Waals surface area (Å²) in [7, 11) is -0.383. The van der Waals surface area contributed by atoms with Crippen LogP contribution < -0.4 is 5.32 Å². The minimum Gasteiger partial charge on any atom is -0.326 e. The van der Waals surface area contributed by atoms with Crippen LogP contribution in [0, 0.1) is 12.8 Å². The van der Waals surface area contributed by atoms with Crippen molar-refractivity contribution in [2.75, 3.05) is 32.5 Å². The summed E-state index contributed by atoms with van der Waals surface area (Å²) in [6.45, 7) is 2.56. The molecule has 23 heavy (non-hydrogen) atoms. The number of anilines is 1. The standard InChI is InChI=1S/C15H22ClN3O3S/c1-11-13(16)5-4-6-14(11)17-15(20)12-7-9-19(10-8-12)23(21,22)18(2)3/h4-6,12H,7-10H2,1-3H3,(H,17,20). The predicted molar refractivity (Wildman–Crippen MR) is 91.7 cm³/mol. The molecule has 1 aromatic carbocycles. The lowest BCUT2D eigenvalue weighted by atomic mass is 9.97. The van der Waals surface area contributed by atoms with Crippen LogP contribution in [0.5, 0.6) is 0 Å². The zero-order valence-electron chi connectivity index (χ0n) is 13.5. The Bertz CT molecular complexity index is 683. The molecule has 0 spiro atoms. The van der Waals surface area contributed by atoms with Crippen molar-refractivity contribution >= 4 is 33.4 Å². The molecule has 128 valence electrons. The molecule has 1 aliphatic rings. The number of benzene rings is 1. The molecule has 0 atom stereocenters. The van der Waals surface area contributed by atoms with Crippen LogP contribution in [0.2, 0.25) is 5.02 Å². The normalized spacial score (nSPS) is 17.4. The fraction of sp³-hybridized carbons (Fsp3) is 0.533. The number of hydrogen-bond acceptors (Lipinski definition) is 3. The van der Waals surface area contributed by atoms with Crippen molar-refractivity contribution < 1.29 is 13.2 Å². The summed E-state index contributed by atoms with van der Waals surface area (Å²) in [5.41, 5.74) is 1.53. The van der Waals surface area contributed by atoms with Crippen molar-refractivity contribution in [1.29, 1.82) is 0 Å². The van der Waals surface area contributed by atoms with Crippen LogP contribution in [0.4, 0.5) is 5.69 Å². The highest BCUT2D eigenvalue weighted by Gasteiger charge is 2.32. The molecular weight excluding hydrogens is 338 g/mol. The van der Waals surface area contributed by atoms with Gasteiger partial charge in [-0.15, -0.1) is 0 Å². The van der Waals surface area contributed by atoms with Gasteiger partial charge in [-0.2, -0.15) is 17.0 Å². The molecule has 1 N–H and O–H groups in total. The van der Waals surface area contributed by atoms with Crippen molar-refractivity contribution in [1.82, 2.24) is 8.61 Å². The molecule has 8 heteroatoms. The smallest absolute Gasteiger partial charge is 0.281 e. The quantitative estimate of drug-likeness (QED) is 0.895. The van der Waals surface area contributed by atoms with Crippen molar-refractivity contribution in [3.05, 3.63) is 28.8 Å². The Balaban J connectivity index is 1.98. The molecule has 0 aliphatic carbocycles. The van der Waals surface area contributed by atoms with Gasteiger partial charge in [-0.25, -0.2) is 0 Å². The van der Waals surface area contributed by atoms with Gasteiger partial charge in [0.1, 0.15) is 0 Å². The van der Waals surface area contributed by atoms with Crippen LogP contribution in [-0.4, -0.2) is 50.1 Å². The Morgan fingerprint density at radius 3 is 2.48 bits per heavy atom. The van der Waals surface area contributed by atoms with Crippen molar-refractivity contribution in [2.24, 2.45) is 5.92 Å². The lowest BCUT2D eigenvalue weighted by Crippen LogP contribution is -2.46. The van der Waals surface area contributed by atoms with Crippen LogP contribution in [0.25, 0.3) is 0 Å². The van der Waals surface area contributed by atoms with Gasteiger partial charge in [0, 0.05) is 43.8 Å². The summed E-state index contributed by atoms with van der Waals surface area (Å²) >= 11 is 6.05. The summed E-state index contributed by atoms with van der Waals surface area (Å²) < 4.78 is 26.8. The van der Waals surface area contributed by atoms with Gasteiger partial charge in [0.15, 0.2) is 0 Å². The van der Waals surface area contributed by atoms with Gasteiger partial charge in [0.25, 0.3) is 10.2 Å². The predicted octanol–water partition coefficient (Wildman–Crippen LogP) is 2.11. The highest BCUT2D eigenvalue weighted by Crippen LogP contribution is 2.26. The number of carbonyl (C=O) groups excluding carboxylic acids is 1. The minimum absolute atomic E-state index is 0.0859. The highest BCUT2D eigenvalue weighted by molar-refractivity contribution is 7.86. The first-order chi connectivity index (χ1) is 10.7. The van der Waals surface area contributed by atoms with Crippen molar-refractivity contribution in [2.45, 2.75) is 19.8 Å². The molecule has 2 rings (SSSR count). The zero-order valence-corrected chi connectivity index (χ0v) is 15.1. The summed E-state index contributed by atoms with van der Waals surface area (Å²) in [6.07, 6.45) is 1.02. The molecule has 0 radical (unpaired) electrons. The van der Waals surface area contributed by atoms with Crippen molar-refractivity contribution in [3.63, 3.8) is 0 Å². The van der Waals surface area contributed by atoms with Crippen LogP contribution in [0.15, 0.2) is 18.2 Å². The van der Waals surface area contributed by atoms with Gasteiger partial charge < -0.3 is 5.32 Å². The number of hydrogen-bond donors (Lipinski definition) is 1. The third-order valence-corrected chi connectivity index (χ3v) is 6.49. The number of nitrogens with one attached hydrogen (secondary N) is 1. The lowest BCUT2D eigenvalue weighted by Gasteiger charge is -2.32. The van der Waals surface area contributed by atoms with E-state index in [9.17, 15) is 13.2 Å². The fourth-order valence-electron chi connectivity index (χ4n) is 2.56. The Labute approximate surface area is 142 Å². The van der Waals surface area contributed by atoms with Gasteiger partial charge in [-0.05, 0) is 37.5 Å². The second-order valence-electron chi connectivity index (χ2n) is 5.87. The monoisotopic (exact) mass is 359 g/mol. The first-order valence-corrected chi connectivity index (χ1v) is 9.24. The Hall–Kier alpha value is -1.15. The van der Waals surface area contributed by atoms with Gasteiger partial charge in [-0.3, -0.25) is 4.79 Å². The number of rotatable bonds is 4. The third-order valence-electron chi connectivity index (χ3n) is 4.14. The number of halogens is 1. The molecule has 0 bridgehead atoms. The van der Waals surface area contributed by atoms with Gasteiger partial charge in [0.2, 0.25) is 5.91 Å². The Morgan fingerprint density at radius 2 is 1.91 bits per heavy atom. The van der Waals surface area contributed by atoms with Crippen LogP contribution in [0.1, 0.15) is 18.4 Å². The average molecular weight is 360 g/mol. The van der Waals surface area contributed by atoms with E-state index in [2.05, 4.69) is 5.32 Å². The van der Waals surface area contributed by atoms with E-state index >= 15 is 0 Å². The summed E-state index contributed by atoms with van der Waals surface area (Å²) in [6, 6.07) is 5.37. The number of carbonyl (C=O) groups is 1. The molecule has 1 heterocycles. The van der Waals surface area contributed by atoms with E-state index in [0.29, 0.717) is 36.6 Å². The summed E-state index contributed by atoms with van der Waals surface area (Å²) in [5, 5.41) is 3.50. The van der Waals surface area contributed by atoms with E-state index in [1.807, 2.05) is 13.0 Å². The molecule has 0 saturated carbocycles. The number of amides is 1. The van der Waals surface area contributed by atoms with Crippen molar-refractivity contribution in [3.8, 4) is 0 Å². The Morgan fingerprint density at radius 1 is 1.30 bits per heavy atom. The second-order valence-corrected chi connectivity index (χ2v) is 8.41. The molecule has 1 saturated heterocycles. The van der Waals surface area contributed by atoms with E-state index in [-0.39, 0.29) is 11.8 Å². The van der Waals surface area contributed by atoms with Crippen LogP contribution >= 0.6 is 11.6 Å². The van der Waals surface area contributed by atoms with E-state index in [0.717, 1.165) is 5.56 Å². The maximum atomic E-state index is 12.4. The SMILES string of the molecule is Cc1c(Cl)cccc1NC(=O)C1CCN(S(=O)(=O)N(C)C)CC1. The van der Waals surface area contributed by atoms with Crippen LogP contribution in [0.3, 0.4) is 0 Å². The summed E-state index contributed by atoms with van der Waals surface area (Å²) in [5.74, 6) is -0.278. The number of nitrogens with zero attached hydrogens (tertiary/aromatic N) is 2.